The molecular formula is C21H20BrNO6. The van der Waals surface area contributed by atoms with Gasteiger partial charge in [-0.15, -0.1) is 0 Å². The van der Waals surface area contributed by atoms with E-state index < -0.39 is 18.0 Å². The largest absolute Gasteiger partial charge is 0.493 e. The first kappa shape index (κ1) is 20.7. The maximum atomic E-state index is 12.2. The molecule has 7 nitrogen and oxygen atoms in total. The smallest absolute Gasteiger partial charge is 0.331 e. The summed E-state index contributed by atoms with van der Waals surface area (Å²) in [5, 5.41) is 2.69. The summed E-state index contributed by atoms with van der Waals surface area (Å²) in [6.45, 7) is 2.40. The molecule has 1 amide bonds. The highest BCUT2D eigenvalue weighted by molar-refractivity contribution is 9.10. The van der Waals surface area contributed by atoms with Crippen LogP contribution in [0.1, 0.15) is 12.5 Å². The van der Waals surface area contributed by atoms with Gasteiger partial charge in [-0.25, -0.2) is 4.79 Å². The molecule has 1 atom stereocenters. The molecule has 1 aliphatic rings. The minimum atomic E-state index is -0.953. The van der Waals surface area contributed by atoms with E-state index in [1.54, 1.807) is 42.5 Å². The summed E-state index contributed by atoms with van der Waals surface area (Å²) in [5.74, 6) is 0.535. The van der Waals surface area contributed by atoms with Crippen LogP contribution in [0.15, 0.2) is 46.9 Å². The molecule has 0 saturated heterocycles. The molecule has 8 heteroatoms. The van der Waals surface area contributed by atoms with Crippen molar-refractivity contribution >= 4 is 39.6 Å². The van der Waals surface area contributed by atoms with Gasteiger partial charge >= 0.3 is 5.97 Å². The van der Waals surface area contributed by atoms with Crippen LogP contribution in [0.3, 0.4) is 0 Å². The average Bonchev–Trinajstić information content (AvgIpc) is 2.73. The average molecular weight is 462 g/mol. The van der Waals surface area contributed by atoms with Gasteiger partial charge in [0.2, 0.25) is 5.75 Å². The van der Waals surface area contributed by atoms with E-state index in [4.69, 9.17) is 18.9 Å². The summed E-state index contributed by atoms with van der Waals surface area (Å²) >= 11 is 3.33. The first-order chi connectivity index (χ1) is 14.0. The van der Waals surface area contributed by atoms with Crippen LogP contribution in [0.4, 0.5) is 5.69 Å². The fourth-order valence-corrected chi connectivity index (χ4v) is 2.86. The highest BCUT2D eigenvalue weighted by atomic mass is 79.9. The maximum Gasteiger partial charge on any atom is 0.331 e. The number of methoxy groups -OCH3 is 1. The van der Waals surface area contributed by atoms with Crippen LogP contribution in [0.5, 0.6) is 17.2 Å². The molecule has 1 aliphatic heterocycles. The molecule has 152 valence electrons. The highest BCUT2D eigenvalue weighted by Crippen LogP contribution is 2.40. The van der Waals surface area contributed by atoms with Crippen LogP contribution in [0.2, 0.25) is 0 Å². The predicted molar refractivity (Wildman–Crippen MR) is 111 cm³/mol. The van der Waals surface area contributed by atoms with Crippen molar-refractivity contribution in [1.82, 2.24) is 0 Å². The van der Waals surface area contributed by atoms with Crippen molar-refractivity contribution in [3.8, 4) is 17.2 Å². The molecule has 0 fully saturated rings. The van der Waals surface area contributed by atoms with E-state index in [9.17, 15) is 9.59 Å². The van der Waals surface area contributed by atoms with Crippen molar-refractivity contribution in [3.63, 3.8) is 0 Å². The van der Waals surface area contributed by atoms with E-state index in [2.05, 4.69) is 21.2 Å². The number of carbonyl (C=O) groups excluding carboxylic acids is 2. The fraction of sp³-hybridized carbons (Fsp3) is 0.238. The molecule has 0 saturated carbocycles. The van der Waals surface area contributed by atoms with Gasteiger partial charge in [0.05, 0.1) is 7.11 Å². The van der Waals surface area contributed by atoms with E-state index in [0.717, 1.165) is 4.47 Å². The van der Waals surface area contributed by atoms with E-state index >= 15 is 0 Å². The van der Waals surface area contributed by atoms with Crippen molar-refractivity contribution < 1.29 is 28.5 Å². The van der Waals surface area contributed by atoms with E-state index in [1.165, 1.54) is 20.1 Å². The number of amides is 1. The van der Waals surface area contributed by atoms with Crippen LogP contribution in [-0.4, -0.2) is 38.3 Å². The molecular weight excluding hydrogens is 442 g/mol. The summed E-state index contributed by atoms with van der Waals surface area (Å²) < 4.78 is 22.5. The molecule has 1 N–H and O–H groups in total. The Labute approximate surface area is 176 Å². The molecule has 0 aromatic heterocycles. The molecule has 0 spiro atoms. The first-order valence-electron chi connectivity index (χ1n) is 8.89. The van der Waals surface area contributed by atoms with Crippen LogP contribution in [0.25, 0.3) is 6.08 Å². The zero-order valence-electron chi connectivity index (χ0n) is 15.9. The van der Waals surface area contributed by atoms with Crippen molar-refractivity contribution in [3.05, 3.63) is 52.5 Å². The molecule has 3 rings (SSSR count). The Kier molecular flexibility index (Phi) is 6.77. The first-order valence-corrected chi connectivity index (χ1v) is 9.68. The third-order valence-electron chi connectivity index (χ3n) is 4.04. The molecule has 2 aromatic rings. The number of nitrogens with one attached hydrogen (secondary N) is 1. The summed E-state index contributed by atoms with van der Waals surface area (Å²) in [6.07, 6.45) is 1.85. The standard InChI is InChI=1S/C21H20BrNO6/c1-13(21(25)23-16-6-4-15(22)5-7-16)29-19(24)8-3-14-11-17(26-2)20-18(12-14)27-9-10-28-20/h3-8,11-13H,9-10H2,1-2H3,(H,23,25)/b8-3+. The van der Waals surface area contributed by atoms with Gasteiger partial charge in [-0.3, -0.25) is 4.79 Å². The monoisotopic (exact) mass is 461 g/mol. The molecule has 0 aliphatic carbocycles. The molecule has 2 aromatic carbocycles. The van der Waals surface area contributed by atoms with Gasteiger partial charge in [0.1, 0.15) is 13.2 Å². The SMILES string of the molecule is COc1cc(/C=C/C(=O)OC(C)C(=O)Nc2ccc(Br)cc2)cc2c1OCCO2. The Balaban J connectivity index is 1.60. The van der Waals surface area contributed by atoms with Crippen molar-refractivity contribution in [2.75, 3.05) is 25.6 Å². The Morgan fingerprint density at radius 1 is 1.17 bits per heavy atom. The van der Waals surface area contributed by atoms with Gasteiger partial charge in [-0.2, -0.15) is 0 Å². The number of benzene rings is 2. The molecule has 1 heterocycles. The number of ether oxygens (including phenoxy) is 4. The summed E-state index contributed by atoms with van der Waals surface area (Å²) in [6, 6.07) is 10.6. The van der Waals surface area contributed by atoms with E-state index in [1.807, 2.05) is 0 Å². The number of halogens is 1. The van der Waals surface area contributed by atoms with Crippen LogP contribution in [0, 0.1) is 0 Å². The summed E-state index contributed by atoms with van der Waals surface area (Å²) in [5.41, 5.74) is 1.29. The topological polar surface area (TPSA) is 83.1 Å². The minimum Gasteiger partial charge on any atom is -0.493 e. The third kappa shape index (κ3) is 5.51. The van der Waals surface area contributed by atoms with Gasteiger partial charge in [-0.1, -0.05) is 15.9 Å². The lowest BCUT2D eigenvalue weighted by Gasteiger charge is -2.20. The number of hydrogen-bond acceptors (Lipinski definition) is 6. The molecule has 0 bridgehead atoms. The van der Waals surface area contributed by atoms with Gasteiger partial charge in [0.25, 0.3) is 5.91 Å². The van der Waals surface area contributed by atoms with E-state index in [0.29, 0.717) is 41.7 Å². The van der Waals surface area contributed by atoms with Gasteiger partial charge in [0.15, 0.2) is 17.6 Å². The maximum absolute atomic E-state index is 12.2. The van der Waals surface area contributed by atoms with Gasteiger partial charge in [-0.05, 0) is 55.0 Å². The second kappa shape index (κ2) is 9.47. The Bertz CT molecular complexity index is 908. The number of anilines is 1. The lowest BCUT2D eigenvalue weighted by molar-refractivity contribution is -0.148. The fourth-order valence-electron chi connectivity index (χ4n) is 2.60. The Morgan fingerprint density at radius 3 is 2.62 bits per heavy atom. The second-order valence-corrected chi connectivity index (χ2v) is 7.07. The number of carbonyl (C=O) groups is 2. The van der Waals surface area contributed by atoms with Crippen LogP contribution >= 0.6 is 15.9 Å². The summed E-state index contributed by atoms with van der Waals surface area (Å²) in [7, 11) is 1.53. The predicted octanol–water partition coefficient (Wildman–Crippen LogP) is 3.81. The number of hydrogen-bond donors (Lipinski definition) is 1. The van der Waals surface area contributed by atoms with E-state index in [-0.39, 0.29) is 0 Å². The van der Waals surface area contributed by atoms with Crippen molar-refractivity contribution in [2.45, 2.75) is 13.0 Å². The van der Waals surface area contributed by atoms with Crippen molar-refractivity contribution in [1.29, 1.82) is 0 Å². The summed E-state index contributed by atoms with van der Waals surface area (Å²) in [4.78, 5) is 24.3. The minimum absolute atomic E-state index is 0.421. The van der Waals surface area contributed by atoms with Crippen molar-refractivity contribution in [2.24, 2.45) is 0 Å². The number of fused-ring (bicyclic) bond motifs is 1. The normalized spacial score (nSPS) is 13.6. The number of rotatable bonds is 6. The highest BCUT2D eigenvalue weighted by Gasteiger charge is 2.19. The third-order valence-corrected chi connectivity index (χ3v) is 4.56. The Hall–Kier alpha value is -3.00. The lowest BCUT2D eigenvalue weighted by atomic mass is 10.1. The second-order valence-electron chi connectivity index (χ2n) is 6.16. The lowest BCUT2D eigenvalue weighted by Crippen LogP contribution is -2.29. The number of esters is 1. The van der Waals surface area contributed by atoms with Gasteiger partial charge < -0.3 is 24.3 Å². The molecule has 1 unspecified atom stereocenters. The van der Waals surface area contributed by atoms with Gasteiger partial charge in [0, 0.05) is 16.2 Å². The molecule has 0 radical (unpaired) electrons. The Morgan fingerprint density at radius 2 is 1.90 bits per heavy atom. The van der Waals surface area contributed by atoms with Crippen LogP contribution in [-0.2, 0) is 14.3 Å². The molecule has 29 heavy (non-hydrogen) atoms. The zero-order chi connectivity index (χ0) is 20.8. The zero-order valence-corrected chi connectivity index (χ0v) is 17.5. The quantitative estimate of drug-likeness (QED) is 0.520. The van der Waals surface area contributed by atoms with Crippen LogP contribution < -0.4 is 19.5 Å².